The number of halogens is 1. The smallest absolute Gasteiger partial charge is 0.174 e. The number of Topliss-reactive ketones (excluding diaryl/α,β-unsaturated/α-hetero) is 1. The molecule has 0 radical (unpaired) electrons. The molecule has 15 heavy (non-hydrogen) atoms. The molecule has 0 saturated carbocycles. The summed E-state index contributed by atoms with van der Waals surface area (Å²) in [4.78, 5) is 11.5. The van der Waals surface area contributed by atoms with Crippen molar-refractivity contribution in [3.63, 3.8) is 0 Å². The summed E-state index contributed by atoms with van der Waals surface area (Å²) < 4.78 is 4.96. The molecule has 0 aromatic heterocycles. The van der Waals surface area contributed by atoms with Gasteiger partial charge < -0.3 is 10.5 Å². The molecule has 0 aliphatic rings. The van der Waals surface area contributed by atoms with Crippen LogP contribution in [0.3, 0.4) is 0 Å². The largest absolute Gasteiger partial charge is 0.495 e. The molecule has 4 nitrogen and oxygen atoms in total. The van der Waals surface area contributed by atoms with Gasteiger partial charge in [0.1, 0.15) is 11.8 Å². The predicted molar refractivity (Wildman–Crippen MR) is 60.2 cm³/mol. The quantitative estimate of drug-likeness (QED) is 0.515. The first kappa shape index (κ1) is 11.5. The number of nitrogens with zero attached hydrogens (tertiary/aromatic N) is 1. The van der Waals surface area contributed by atoms with Crippen molar-refractivity contribution in [2.75, 3.05) is 18.2 Å². The summed E-state index contributed by atoms with van der Waals surface area (Å²) in [6, 6.07) is 4.86. The molecule has 0 aliphatic carbocycles. The Labute approximate surface area is 95.8 Å². The summed E-state index contributed by atoms with van der Waals surface area (Å²) >= 11 is 3.04. The number of methoxy groups -OCH3 is 1. The van der Waals surface area contributed by atoms with E-state index in [-0.39, 0.29) is 16.7 Å². The topological polar surface area (TPSA) is 76.1 Å². The summed E-state index contributed by atoms with van der Waals surface area (Å²) in [6.45, 7) is 0. The number of hydrogen-bond acceptors (Lipinski definition) is 4. The third-order valence-electron chi connectivity index (χ3n) is 1.91. The van der Waals surface area contributed by atoms with Gasteiger partial charge in [-0.3, -0.25) is 4.79 Å². The van der Waals surface area contributed by atoms with E-state index < -0.39 is 0 Å². The predicted octanol–water partition coefficient (Wildman–Crippen LogP) is 1.73. The van der Waals surface area contributed by atoms with Crippen molar-refractivity contribution in [3.05, 3.63) is 23.3 Å². The fraction of sp³-hybridized carbons (Fsp3) is 0.200. The molecule has 1 aromatic rings. The molecule has 78 valence electrons. The Kier molecular flexibility index (Phi) is 3.69. The second-order valence-electron chi connectivity index (χ2n) is 2.81. The highest BCUT2D eigenvalue weighted by atomic mass is 79.9. The monoisotopic (exact) mass is 268 g/mol. The Morgan fingerprint density at radius 1 is 1.67 bits per heavy atom. The van der Waals surface area contributed by atoms with Gasteiger partial charge in [0.15, 0.2) is 5.78 Å². The molecule has 0 bridgehead atoms. The second kappa shape index (κ2) is 4.80. The van der Waals surface area contributed by atoms with Crippen LogP contribution in [0, 0.1) is 11.3 Å². The molecule has 0 unspecified atom stereocenters. The van der Waals surface area contributed by atoms with Crippen molar-refractivity contribution in [3.8, 4) is 11.8 Å². The van der Waals surface area contributed by atoms with Crippen LogP contribution in [0.15, 0.2) is 12.1 Å². The van der Waals surface area contributed by atoms with E-state index in [1.165, 1.54) is 19.2 Å². The molecule has 0 saturated heterocycles. The number of nitriles is 1. The van der Waals surface area contributed by atoms with E-state index in [4.69, 9.17) is 15.7 Å². The van der Waals surface area contributed by atoms with Crippen LogP contribution in [0.25, 0.3) is 0 Å². The number of carbonyl (C=O) groups excluding carboxylic acids is 1. The SMILES string of the molecule is COc1cc(C#N)c(C(=O)CBr)cc1N. The lowest BCUT2D eigenvalue weighted by Gasteiger charge is -2.07. The Bertz CT molecular complexity index is 438. The number of benzene rings is 1. The molecule has 5 heteroatoms. The molecule has 0 fully saturated rings. The van der Waals surface area contributed by atoms with Crippen LogP contribution in [0.4, 0.5) is 5.69 Å². The number of nitrogen functional groups attached to an aromatic ring is 1. The van der Waals surface area contributed by atoms with Crippen LogP contribution in [-0.2, 0) is 0 Å². The molecule has 0 aliphatic heterocycles. The van der Waals surface area contributed by atoms with Gasteiger partial charge in [0, 0.05) is 11.6 Å². The summed E-state index contributed by atoms with van der Waals surface area (Å²) in [5.74, 6) is 0.221. The van der Waals surface area contributed by atoms with Crippen molar-refractivity contribution in [1.82, 2.24) is 0 Å². The highest BCUT2D eigenvalue weighted by Gasteiger charge is 2.13. The summed E-state index contributed by atoms with van der Waals surface area (Å²) in [5, 5.41) is 9.02. The van der Waals surface area contributed by atoms with Crippen molar-refractivity contribution in [2.45, 2.75) is 0 Å². The minimum atomic E-state index is -0.180. The van der Waals surface area contributed by atoms with Crippen LogP contribution in [-0.4, -0.2) is 18.2 Å². The minimum absolute atomic E-state index is 0.160. The minimum Gasteiger partial charge on any atom is -0.495 e. The second-order valence-corrected chi connectivity index (χ2v) is 3.37. The maximum atomic E-state index is 11.5. The number of hydrogen-bond donors (Lipinski definition) is 1. The number of carbonyl (C=O) groups is 1. The lowest BCUT2D eigenvalue weighted by molar-refractivity contribution is 0.102. The normalized spacial score (nSPS) is 9.40. The van der Waals surface area contributed by atoms with Crippen LogP contribution in [0.2, 0.25) is 0 Å². The first-order valence-electron chi connectivity index (χ1n) is 4.10. The van der Waals surface area contributed by atoms with Gasteiger partial charge in [-0.2, -0.15) is 5.26 Å². The van der Waals surface area contributed by atoms with Gasteiger partial charge in [0.25, 0.3) is 0 Å². The molecule has 0 atom stereocenters. The third kappa shape index (κ3) is 2.28. The maximum Gasteiger partial charge on any atom is 0.174 e. The van der Waals surface area contributed by atoms with Crippen molar-refractivity contribution in [1.29, 1.82) is 5.26 Å². The van der Waals surface area contributed by atoms with Crippen LogP contribution in [0.1, 0.15) is 15.9 Å². The Balaban J connectivity index is 3.35. The third-order valence-corrected chi connectivity index (χ3v) is 2.42. The molecular formula is C10H9BrN2O2. The molecule has 1 aromatic carbocycles. The molecule has 1 rings (SSSR count). The Morgan fingerprint density at radius 3 is 2.80 bits per heavy atom. The fourth-order valence-corrected chi connectivity index (χ4v) is 1.47. The van der Waals surface area contributed by atoms with Gasteiger partial charge >= 0.3 is 0 Å². The number of anilines is 1. The molecule has 0 heterocycles. The number of rotatable bonds is 3. The van der Waals surface area contributed by atoms with E-state index in [2.05, 4.69) is 15.9 Å². The van der Waals surface area contributed by atoms with Crippen molar-refractivity contribution < 1.29 is 9.53 Å². The van der Waals surface area contributed by atoms with Gasteiger partial charge in [-0.1, -0.05) is 15.9 Å². The number of ketones is 1. The lowest BCUT2D eigenvalue weighted by Crippen LogP contribution is -2.05. The van der Waals surface area contributed by atoms with E-state index >= 15 is 0 Å². The summed E-state index contributed by atoms with van der Waals surface area (Å²) in [5.41, 5.74) is 6.58. The van der Waals surface area contributed by atoms with Crippen molar-refractivity contribution in [2.24, 2.45) is 0 Å². The van der Waals surface area contributed by atoms with E-state index in [1.54, 1.807) is 0 Å². The van der Waals surface area contributed by atoms with Gasteiger partial charge in [-0.05, 0) is 6.07 Å². The fourth-order valence-electron chi connectivity index (χ4n) is 1.17. The van der Waals surface area contributed by atoms with E-state index in [9.17, 15) is 4.79 Å². The first-order chi connectivity index (χ1) is 7.13. The van der Waals surface area contributed by atoms with Gasteiger partial charge in [0.2, 0.25) is 0 Å². The summed E-state index contributed by atoms with van der Waals surface area (Å²) in [6.07, 6.45) is 0. The molecule has 0 spiro atoms. The molecular weight excluding hydrogens is 260 g/mol. The Morgan fingerprint density at radius 2 is 2.33 bits per heavy atom. The lowest BCUT2D eigenvalue weighted by atomic mass is 10.0. The zero-order valence-corrected chi connectivity index (χ0v) is 9.67. The number of ether oxygens (including phenoxy) is 1. The number of alkyl halides is 1. The molecule has 0 amide bonds. The average molecular weight is 269 g/mol. The van der Waals surface area contributed by atoms with E-state index in [0.29, 0.717) is 17.0 Å². The van der Waals surface area contributed by atoms with Gasteiger partial charge in [-0.25, -0.2) is 0 Å². The zero-order valence-electron chi connectivity index (χ0n) is 8.08. The highest BCUT2D eigenvalue weighted by Crippen LogP contribution is 2.25. The summed E-state index contributed by atoms with van der Waals surface area (Å²) in [7, 11) is 1.46. The average Bonchev–Trinajstić information content (AvgIpc) is 2.27. The van der Waals surface area contributed by atoms with E-state index in [1.807, 2.05) is 6.07 Å². The van der Waals surface area contributed by atoms with E-state index in [0.717, 1.165) is 0 Å². The first-order valence-corrected chi connectivity index (χ1v) is 5.23. The standard InChI is InChI=1S/C10H9BrN2O2/c1-15-10-2-6(5-12)7(3-8(10)13)9(14)4-11/h2-3H,4,13H2,1H3. The van der Waals surface area contributed by atoms with Crippen molar-refractivity contribution >= 4 is 27.4 Å². The van der Waals surface area contributed by atoms with Crippen LogP contribution < -0.4 is 10.5 Å². The Hall–Kier alpha value is -1.54. The maximum absolute atomic E-state index is 11.5. The molecule has 2 N–H and O–H groups in total. The zero-order chi connectivity index (χ0) is 11.4. The van der Waals surface area contributed by atoms with Gasteiger partial charge in [0.05, 0.1) is 23.7 Å². The van der Waals surface area contributed by atoms with Crippen LogP contribution in [0.5, 0.6) is 5.75 Å². The number of nitrogens with two attached hydrogens (primary N) is 1. The van der Waals surface area contributed by atoms with Gasteiger partial charge in [-0.15, -0.1) is 0 Å². The highest BCUT2D eigenvalue weighted by molar-refractivity contribution is 9.09. The van der Waals surface area contributed by atoms with Crippen LogP contribution >= 0.6 is 15.9 Å².